The van der Waals surface area contributed by atoms with Gasteiger partial charge in [-0.15, -0.1) is 0 Å². The van der Waals surface area contributed by atoms with E-state index >= 15 is 0 Å². The maximum Gasteiger partial charge on any atom is 0.175 e. The molecule has 3 atom stereocenters. The molecule has 0 spiro atoms. The minimum Gasteiger partial charge on any atom is -0.490 e. The van der Waals surface area contributed by atoms with Crippen molar-refractivity contribution in [3.63, 3.8) is 0 Å². The first kappa shape index (κ1) is 17.6. The molecular weight excluding hydrogens is 346 g/mol. The number of benzene rings is 2. The van der Waals surface area contributed by atoms with Crippen LogP contribution in [-0.2, 0) is 16.3 Å². The van der Waals surface area contributed by atoms with E-state index in [1.807, 2.05) is 24.3 Å². The third-order valence-corrected chi connectivity index (χ3v) is 6.56. The molecule has 4 rings (SSSR count). The van der Waals surface area contributed by atoms with Gasteiger partial charge in [-0.1, -0.05) is 24.3 Å². The average molecular weight is 372 g/mol. The fourth-order valence-electron chi connectivity index (χ4n) is 4.19. The number of para-hydroxylation sites is 1. The third-order valence-electron chi connectivity index (χ3n) is 5.45. The van der Waals surface area contributed by atoms with Crippen LogP contribution in [0.2, 0.25) is 0 Å². The summed E-state index contributed by atoms with van der Waals surface area (Å²) in [7, 11) is -3.17. The Hall–Kier alpha value is -1.85. The molecule has 2 aromatic rings. The predicted molar refractivity (Wildman–Crippen MR) is 102 cm³/mol. The van der Waals surface area contributed by atoms with Crippen molar-refractivity contribution < 1.29 is 13.2 Å². The molecule has 1 aliphatic carbocycles. The van der Waals surface area contributed by atoms with E-state index in [1.165, 1.54) is 17.4 Å². The van der Waals surface area contributed by atoms with Crippen LogP contribution in [0.25, 0.3) is 0 Å². The van der Waals surface area contributed by atoms with Gasteiger partial charge in [0.2, 0.25) is 0 Å². The van der Waals surface area contributed by atoms with Gasteiger partial charge >= 0.3 is 0 Å². The monoisotopic (exact) mass is 371 g/mol. The molecule has 26 heavy (non-hydrogen) atoms. The molecule has 1 heterocycles. The Balaban J connectivity index is 1.63. The van der Waals surface area contributed by atoms with Crippen molar-refractivity contribution in [2.24, 2.45) is 0 Å². The molecule has 0 saturated carbocycles. The molecule has 2 aromatic carbocycles. The molecule has 2 aliphatic rings. The number of aryl methyl sites for hydroxylation is 1. The van der Waals surface area contributed by atoms with Crippen molar-refractivity contribution in [3.05, 3.63) is 59.2 Å². The summed E-state index contributed by atoms with van der Waals surface area (Å²) < 4.78 is 29.7. The van der Waals surface area contributed by atoms with Crippen LogP contribution < -0.4 is 10.1 Å². The Morgan fingerprint density at radius 2 is 1.88 bits per heavy atom. The van der Waals surface area contributed by atoms with Gasteiger partial charge in [0.15, 0.2) is 9.84 Å². The first-order valence-corrected chi connectivity index (χ1v) is 11.2. The Labute approximate surface area is 155 Å². The second kappa shape index (κ2) is 6.71. The average Bonchev–Trinajstić information content (AvgIpc) is 2.60. The van der Waals surface area contributed by atoms with Crippen molar-refractivity contribution in [1.29, 1.82) is 0 Å². The summed E-state index contributed by atoms with van der Waals surface area (Å²) in [6, 6.07) is 14.3. The number of ether oxygens (including phenoxy) is 1. The number of fused-ring (bicyclic) bond motifs is 2. The molecule has 138 valence electrons. The van der Waals surface area contributed by atoms with E-state index in [0.717, 1.165) is 37.0 Å². The highest BCUT2D eigenvalue weighted by Crippen LogP contribution is 2.38. The van der Waals surface area contributed by atoms with Crippen LogP contribution in [0.3, 0.4) is 0 Å². The van der Waals surface area contributed by atoms with E-state index in [-0.39, 0.29) is 18.2 Å². The largest absolute Gasteiger partial charge is 0.490 e. The molecule has 5 heteroatoms. The second-order valence-electron chi connectivity index (χ2n) is 7.50. The van der Waals surface area contributed by atoms with Gasteiger partial charge in [0.05, 0.1) is 11.0 Å². The van der Waals surface area contributed by atoms with Gasteiger partial charge in [0.25, 0.3) is 0 Å². The SMILES string of the molecule is C[C@@H]1C[C@@H](NC2CCCc3cc(S(C)(=O)=O)ccc32)c2ccccc2O1. The van der Waals surface area contributed by atoms with E-state index in [4.69, 9.17) is 4.74 Å². The maximum atomic E-state index is 11.9. The normalized spacial score (nSPS) is 25.1. The summed E-state index contributed by atoms with van der Waals surface area (Å²) in [5.74, 6) is 0.965. The molecule has 0 fully saturated rings. The number of hydrogen-bond donors (Lipinski definition) is 1. The number of sulfone groups is 1. The van der Waals surface area contributed by atoms with Crippen LogP contribution in [0.15, 0.2) is 47.4 Å². The van der Waals surface area contributed by atoms with Gasteiger partial charge < -0.3 is 10.1 Å². The summed E-state index contributed by atoms with van der Waals surface area (Å²) in [5, 5.41) is 3.83. The molecule has 1 unspecified atom stereocenters. The topological polar surface area (TPSA) is 55.4 Å². The maximum absolute atomic E-state index is 11.9. The molecule has 4 nitrogen and oxygen atoms in total. The molecule has 0 saturated heterocycles. The number of rotatable bonds is 3. The fraction of sp³-hybridized carbons (Fsp3) is 0.429. The zero-order valence-electron chi connectivity index (χ0n) is 15.2. The lowest BCUT2D eigenvalue weighted by molar-refractivity contribution is 0.160. The van der Waals surface area contributed by atoms with Crippen molar-refractivity contribution in [2.45, 2.75) is 55.7 Å². The molecule has 0 radical (unpaired) electrons. The van der Waals surface area contributed by atoms with E-state index in [0.29, 0.717) is 4.90 Å². The van der Waals surface area contributed by atoms with Gasteiger partial charge in [-0.05, 0) is 55.5 Å². The van der Waals surface area contributed by atoms with Crippen LogP contribution in [0.4, 0.5) is 0 Å². The highest BCUT2D eigenvalue weighted by molar-refractivity contribution is 7.90. The van der Waals surface area contributed by atoms with Crippen LogP contribution >= 0.6 is 0 Å². The summed E-state index contributed by atoms with van der Waals surface area (Å²) in [6.07, 6.45) is 5.46. The summed E-state index contributed by atoms with van der Waals surface area (Å²) in [5.41, 5.74) is 3.61. The highest BCUT2D eigenvalue weighted by Gasteiger charge is 2.30. The minimum atomic E-state index is -3.17. The Bertz CT molecular complexity index is 923. The predicted octanol–water partition coefficient (Wildman–Crippen LogP) is 3.97. The van der Waals surface area contributed by atoms with Crippen molar-refractivity contribution in [2.75, 3.05) is 6.26 Å². The Morgan fingerprint density at radius 1 is 1.08 bits per heavy atom. The van der Waals surface area contributed by atoms with E-state index in [9.17, 15) is 8.42 Å². The first-order chi connectivity index (χ1) is 12.4. The van der Waals surface area contributed by atoms with Crippen LogP contribution in [0.5, 0.6) is 5.75 Å². The van der Waals surface area contributed by atoms with Crippen LogP contribution in [0, 0.1) is 0 Å². The van der Waals surface area contributed by atoms with E-state index in [1.54, 1.807) is 6.07 Å². The van der Waals surface area contributed by atoms with Crippen LogP contribution in [-0.4, -0.2) is 20.8 Å². The standard InChI is InChI=1S/C21H25NO3S/c1-14-12-20(18-7-3-4-9-21(18)25-14)22-19-8-5-6-15-13-16(26(2,23)24)10-11-17(15)19/h3-4,7,9-11,13-14,19-20,22H,5-6,8,12H2,1-2H3/t14-,19?,20-/m1/s1. The quantitative estimate of drug-likeness (QED) is 0.887. The summed E-state index contributed by atoms with van der Waals surface area (Å²) in [4.78, 5) is 0.418. The van der Waals surface area contributed by atoms with Gasteiger partial charge in [-0.25, -0.2) is 8.42 Å². The lowest BCUT2D eigenvalue weighted by atomic mass is 9.86. The minimum absolute atomic E-state index is 0.179. The summed E-state index contributed by atoms with van der Waals surface area (Å²) >= 11 is 0. The van der Waals surface area contributed by atoms with Crippen molar-refractivity contribution in [3.8, 4) is 5.75 Å². The van der Waals surface area contributed by atoms with E-state index in [2.05, 4.69) is 24.4 Å². The molecule has 0 amide bonds. The smallest absolute Gasteiger partial charge is 0.175 e. The zero-order valence-corrected chi connectivity index (χ0v) is 16.1. The second-order valence-corrected chi connectivity index (χ2v) is 9.51. The van der Waals surface area contributed by atoms with Crippen molar-refractivity contribution in [1.82, 2.24) is 5.32 Å². The Kier molecular flexibility index (Phi) is 4.53. The molecule has 1 aliphatic heterocycles. The van der Waals surface area contributed by atoms with Gasteiger partial charge in [0.1, 0.15) is 5.75 Å². The third kappa shape index (κ3) is 3.38. The highest BCUT2D eigenvalue weighted by atomic mass is 32.2. The molecule has 0 bridgehead atoms. The first-order valence-electron chi connectivity index (χ1n) is 9.26. The molecule has 1 N–H and O–H groups in total. The zero-order chi connectivity index (χ0) is 18.3. The van der Waals surface area contributed by atoms with Gasteiger partial charge in [-0.3, -0.25) is 0 Å². The number of hydrogen-bond acceptors (Lipinski definition) is 4. The Morgan fingerprint density at radius 3 is 2.69 bits per heavy atom. The lowest BCUT2D eigenvalue weighted by Gasteiger charge is -2.36. The van der Waals surface area contributed by atoms with Gasteiger partial charge in [0, 0.05) is 30.3 Å². The molecule has 0 aromatic heterocycles. The lowest BCUT2D eigenvalue weighted by Crippen LogP contribution is -2.35. The fourth-order valence-corrected chi connectivity index (χ4v) is 4.87. The van der Waals surface area contributed by atoms with Crippen molar-refractivity contribution >= 4 is 9.84 Å². The summed E-state index contributed by atoms with van der Waals surface area (Å²) in [6.45, 7) is 2.11. The number of nitrogens with one attached hydrogen (secondary N) is 1. The van der Waals surface area contributed by atoms with E-state index < -0.39 is 9.84 Å². The van der Waals surface area contributed by atoms with Crippen LogP contribution in [0.1, 0.15) is 55.0 Å². The molecular formula is C21H25NO3S. The van der Waals surface area contributed by atoms with Gasteiger partial charge in [-0.2, -0.15) is 0 Å².